The molecule has 1 aromatic heterocycles. The highest BCUT2D eigenvalue weighted by molar-refractivity contribution is 5.94. The van der Waals surface area contributed by atoms with Crippen molar-refractivity contribution in [2.45, 2.75) is 58.5 Å². The number of unbranched alkanes of at least 4 members (excludes halogenated alkanes) is 3. The lowest BCUT2D eigenvalue weighted by Crippen LogP contribution is -2.35. The third-order valence-corrected chi connectivity index (χ3v) is 5.08. The summed E-state index contributed by atoms with van der Waals surface area (Å²) in [5.74, 6) is -0.0167. The van der Waals surface area contributed by atoms with Gasteiger partial charge in [-0.3, -0.25) is 9.59 Å². The van der Waals surface area contributed by atoms with Gasteiger partial charge in [-0.25, -0.2) is 0 Å². The first kappa shape index (κ1) is 19.2. The molecule has 0 saturated carbocycles. The summed E-state index contributed by atoms with van der Waals surface area (Å²) in [7, 11) is 0. The summed E-state index contributed by atoms with van der Waals surface area (Å²) in [5, 5.41) is 4.41. The summed E-state index contributed by atoms with van der Waals surface area (Å²) in [6.45, 7) is 4.47. The predicted octanol–water partition coefficient (Wildman–Crippen LogP) is 4.63. The van der Waals surface area contributed by atoms with Crippen LogP contribution in [0.2, 0.25) is 0 Å². The number of nitrogens with one attached hydrogen (secondary N) is 1. The number of carbonyl (C=O) groups is 1. The van der Waals surface area contributed by atoms with Crippen molar-refractivity contribution in [3.05, 3.63) is 58.8 Å². The molecule has 3 aromatic rings. The standard InChI is InChI=1S/C23H28N2O2/c1-3-4-5-6-11-17(2)24-22(26)16-25-20-14-9-7-12-18(20)23(27)19-13-8-10-15-21(19)25/h7-10,12-15,17H,3-6,11,16H2,1-2H3,(H,24,26)/t17-/m0/s1. The number of benzene rings is 2. The van der Waals surface area contributed by atoms with Gasteiger partial charge in [0, 0.05) is 16.8 Å². The van der Waals surface area contributed by atoms with E-state index in [1.165, 1.54) is 19.3 Å². The second-order valence-electron chi connectivity index (χ2n) is 7.27. The van der Waals surface area contributed by atoms with E-state index in [9.17, 15) is 9.59 Å². The van der Waals surface area contributed by atoms with E-state index in [2.05, 4.69) is 19.2 Å². The molecule has 4 nitrogen and oxygen atoms in total. The summed E-state index contributed by atoms with van der Waals surface area (Å²) in [6, 6.07) is 15.2. The number of nitrogens with zero attached hydrogens (tertiary/aromatic N) is 1. The van der Waals surface area contributed by atoms with E-state index in [0.29, 0.717) is 10.8 Å². The Morgan fingerprint density at radius 1 is 0.963 bits per heavy atom. The van der Waals surface area contributed by atoms with Crippen LogP contribution in [0.1, 0.15) is 46.0 Å². The maximum atomic E-state index is 12.8. The molecule has 4 heteroatoms. The summed E-state index contributed by atoms with van der Waals surface area (Å²) in [4.78, 5) is 25.4. The lowest BCUT2D eigenvalue weighted by molar-refractivity contribution is -0.122. The molecule has 0 fully saturated rings. The van der Waals surface area contributed by atoms with Crippen molar-refractivity contribution < 1.29 is 4.79 Å². The first-order valence-electron chi connectivity index (χ1n) is 9.91. The predicted molar refractivity (Wildman–Crippen MR) is 112 cm³/mol. The van der Waals surface area contributed by atoms with Crippen molar-refractivity contribution in [3.63, 3.8) is 0 Å². The highest BCUT2D eigenvalue weighted by Crippen LogP contribution is 2.19. The molecule has 3 rings (SSSR count). The number of aromatic nitrogens is 1. The van der Waals surface area contributed by atoms with Crippen LogP contribution in [0.5, 0.6) is 0 Å². The highest BCUT2D eigenvalue weighted by atomic mass is 16.2. The maximum Gasteiger partial charge on any atom is 0.240 e. The van der Waals surface area contributed by atoms with Gasteiger partial charge in [-0.05, 0) is 37.6 Å². The Hall–Kier alpha value is -2.62. The molecule has 0 bridgehead atoms. The second-order valence-corrected chi connectivity index (χ2v) is 7.27. The second kappa shape index (κ2) is 8.85. The summed E-state index contributed by atoms with van der Waals surface area (Å²) >= 11 is 0. The molecule has 0 aliphatic rings. The average molecular weight is 364 g/mol. The smallest absolute Gasteiger partial charge is 0.240 e. The molecule has 0 unspecified atom stereocenters. The van der Waals surface area contributed by atoms with Crippen molar-refractivity contribution in [2.75, 3.05) is 0 Å². The highest BCUT2D eigenvalue weighted by Gasteiger charge is 2.14. The topological polar surface area (TPSA) is 51.1 Å². The van der Waals surface area contributed by atoms with Crippen LogP contribution >= 0.6 is 0 Å². The average Bonchev–Trinajstić information content (AvgIpc) is 2.68. The van der Waals surface area contributed by atoms with Crippen LogP contribution in [-0.4, -0.2) is 16.5 Å². The number of rotatable bonds is 8. The molecule has 0 spiro atoms. The summed E-state index contributed by atoms with van der Waals surface area (Å²) in [6.07, 6.45) is 5.81. The molecule has 0 aliphatic heterocycles. The SMILES string of the molecule is CCCCCC[C@H](C)NC(=O)Cn1c2ccccc2c(=O)c2ccccc21. The van der Waals surface area contributed by atoms with Crippen LogP contribution in [-0.2, 0) is 11.3 Å². The van der Waals surface area contributed by atoms with Gasteiger partial charge < -0.3 is 9.88 Å². The molecular formula is C23H28N2O2. The van der Waals surface area contributed by atoms with Gasteiger partial charge >= 0.3 is 0 Å². The molecule has 0 aliphatic carbocycles. The third-order valence-electron chi connectivity index (χ3n) is 5.08. The number of carbonyl (C=O) groups excluding carboxylic acids is 1. The van der Waals surface area contributed by atoms with Crippen molar-refractivity contribution in [2.24, 2.45) is 0 Å². The van der Waals surface area contributed by atoms with Gasteiger partial charge in [0.15, 0.2) is 5.43 Å². The summed E-state index contributed by atoms with van der Waals surface area (Å²) < 4.78 is 1.95. The van der Waals surface area contributed by atoms with Gasteiger partial charge in [0.05, 0.1) is 11.0 Å². The number of hydrogen-bond donors (Lipinski definition) is 1. The van der Waals surface area contributed by atoms with Gasteiger partial charge in [-0.1, -0.05) is 56.9 Å². The largest absolute Gasteiger partial charge is 0.352 e. The summed E-state index contributed by atoms with van der Waals surface area (Å²) in [5.41, 5.74) is 1.61. The third kappa shape index (κ3) is 4.38. The molecular weight excluding hydrogens is 336 g/mol. The molecule has 1 amide bonds. The van der Waals surface area contributed by atoms with Gasteiger partial charge in [-0.15, -0.1) is 0 Å². The first-order valence-corrected chi connectivity index (χ1v) is 9.91. The van der Waals surface area contributed by atoms with E-state index in [-0.39, 0.29) is 23.9 Å². The van der Waals surface area contributed by atoms with E-state index in [4.69, 9.17) is 0 Å². The molecule has 0 saturated heterocycles. The van der Waals surface area contributed by atoms with E-state index < -0.39 is 0 Å². The van der Waals surface area contributed by atoms with Crippen LogP contribution in [0, 0.1) is 0 Å². The maximum absolute atomic E-state index is 12.8. The zero-order chi connectivity index (χ0) is 19.2. The van der Waals surface area contributed by atoms with E-state index in [1.807, 2.05) is 53.1 Å². The lowest BCUT2D eigenvalue weighted by Gasteiger charge is -2.17. The monoisotopic (exact) mass is 364 g/mol. The van der Waals surface area contributed by atoms with Crippen LogP contribution in [0.4, 0.5) is 0 Å². The van der Waals surface area contributed by atoms with Gasteiger partial charge in [0.2, 0.25) is 5.91 Å². The molecule has 27 heavy (non-hydrogen) atoms. The molecule has 0 radical (unpaired) electrons. The fraction of sp³-hybridized carbons (Fsp3) is 0.391. The zero-order valence-corrected chi connectivity index (χ0v) is 16.2. The Balaban J connectivity index is 1.84. The van der Waals surface area contributed by atoms with Crippen LogP contribution in [0.25, 0.3) is 21.8 Å². The molecule has 2 aromatic carbocycles. The van der Waals surface area contributed by atoms with Crippen molar-refractivity contribution in [1.82, 2.24) is 9.88 Å². The lowest BCUT2D eigenvalue weighted by atomic mass is 10.1. The van der Waals surface area contributed by atoms with Gasteiger partial charge in [0.25, 0.3) is 0 Å². The minimum atomic E-state index is -0.0167. The van der Waals surface area contributed by atoms with E-state index in [0.717, 1.165) is 23.9 Å². The molecule has 142 valence electrons. The number of fused-ring (bicyclic) bond motifs is 2. The number of pyridine rings is 1. The van der Waals surface area contributed by atoms with Crippen LogP contribution < -0.4 is 10.7 Å². The Labute approximate surface area is 160 Å². The quantitative estimate of drug-likeness (QED) is 0.468. The van der Waals surface area contributed by atoms with Crippen molar-refractivity contribution in [1.29, 1.82) is 0 Å². The molecule has 1 atom stereocenters. The van der Waals surface area contributed by atoms with Crippen molar-refractivity contribution in [3.8, 4) is 0 Å². The van der Waals surface area contributed by atoms with E-state index >= 15 is 0 Å². The van der Waals surface area contributed by atoms with Crippen molar-refractivity contribution >= 4 is 27.7 Å². The zero-order valence-electron chi connectivity index (χ0n) is 16.2. The van der Waals surface area contributed by atoms with Gasteiger partial charge in [0.1, 0.15) is 6.54 Å². The Morgan fingerprint density at radius 2 is 1.56 bits per heavy atom. The molecule has 1 N–H and O–H groups in total. The normalized spacial score (nSPS) is 12.4. The van der Waals surface area contributed by atoms with Crippen LogP contribution in [0.3, 0.4) is 0 Å². The fourth-order valence-corrected chi connectivity index (χ4v) is 3.66. The number of hydrogen-bond acceptors (Lipinski definition) is 2. The van der Waals surface area contributed by atoms with E-state index in [1.54, 1.807) is 0 Å². The Bertz CT molecular complexity index is 930. The molecule has 1 heterocycles. The minimum absolute atomic E-state index is 0.0159. The first-order chi connectivity index (χ1) is 13.1. The fourth-order valence-electron chi connectivity index (χ4n) is 3.66. The van der Waals surface area contributed by atoms with Crippen LogP contribution in [0.15, 0.2) is 53.3 Å². The Morgan fingerprint density at radius 3 is 2.15 bits per heavy atom. The number of amides is 1. The van der Waals surface area contributed by atoms with Gasteiger partial charge in [-0.2, -0.15) is 0 Å². The Kier molecular flexibility index (Phi) is 6.28. The number of para-hydroxylation sites is 2. The minimum Gasteiger partial charge on any atom is -0.352 e.